The van der Waals surface area contributed by atoms with Gasteiger partial charge in [0.15, 0.2) is 5.82 Å². The molecule has 4 rings (SSSR count). The highest BCUT2D eigenvalue weighted by Crippen LogP contribution is 2.52. The van der Waals surface area contributed by atoms with Gasteiger partial charge in [-0.3, -0.25) is 9.89 Å². The largest absolute Gasteiger partial charge is 0.309 e. The topological polar surface area (TPSA) is 104 Å². The van der Waals surface area contributed by atoms with Crippen LogP contribution in [0.3, 0.4) is 0 Å². The summed E-state index contributed by atoms with van der Waals surface area (Å²) in [4.78, 5) is 12.5. The van der Waals surface area contributed by atoms with Gasteiger partial charge in [0.25, 0.3) is 0 Å². The summed E-state index contributed by atoms with van der Waals surface area (Å²) in [5.74, 6) is 2.53. The number of amides is 1. The van der Waals surface area contributed by atoms with E-state index in [1.165, 1.54) is 37.8 Å². The van der Waals surface area contributed by atoms with Gasteiger partial charge in [0.1, 0.15) is 0 Å². The molecular weight excluding hydrogens is 376 g/mol. The van der Waals surface area contributed by atoms with Crippen molar-refractivity contribution in [3.8, 4) is 0 Å². The minimum Gasteiger partial charge on any atom is -0.309 e. The minimum atomic E-state index is -3.48. The molecule has 2 aliphatic carbocycles. The molecule has 150 valence electrons. The number of aromatic nitrogens is 2. The molecule has 0 aliphatic heterocycles. The maximum absolute atomic E-state index is 12.3. The van der Waals surface area contributed by atoms with Gasteiger partial charge in [-0.1, -0.05) is 25.5 Å². The van der Waals surface area contributed by atoms with Crippen LogP contribution in [-0.2, 0) is 21.2 Å². The molecule has 0 spiro atoms. The summed E-state index contributed by atoms with van der Waals surface area (Å²) >= 11 is 0. The number of fused-ring (bicyclic) bond motifs is 2. The standard InChI is InChI=1S/C20H26N4O3S/c1-2-21-28(26,27)16-7-4-13(5-8-16)11-20(25)22-19-12-18(23-24-19)17-10-14-3-6-15(17)9-14/h4-5,7-8,12,14-15,17,21H,2-3,6,9-11H2,1H3,(H2,22,23,24,25). The Morgan fingerprint density at radius 2 is 2.00 bits per heavy atom. The first-order chi connectivity index (χ1) is 13.4. The maximum Gasteiger partial charge on any atom is 0.240 e. The molecule has 3 unspecified atom stereocenters. The van der Waals surface area contributed by atoms with Gasteiger partial charge in [0, 0.05) is 24.2 Å². The average Bonchev–Trinajstić information content (AvgIpc) is 3.38. The van der Waals surface area contributed by atoms with E-state index in [2.05, 4.69) is 20.2 Å². The Morgan fingerprint density at radius 3 is 2.64 bits per heavy atom. The summed E-state index contributed by atoms with van der Waals surface area (Å²) in [5, 5.41) is 10.2. The maximum atomic E-state index is 12.3. The summed E-state index contributed by atoms with van der Waals surface area (Å²) in [6.45, 7) is 2.06. The fourth-order valence-corrected chi connectivity index (χ4v) is 5.69. The van der Waals surface area contributed by atoms with Gasteiger partial charge in [-0.15, -0.1) is 0 Å². The van der Waals surface area contributed by atoms with Crippen LogP contribution in [0.5, 0.6) is 0 Å². The van der Waals surface area contributed by atoms with Crippen LogP contribution in [0.1, 0.15) is 49.8 Å². The molecule has 2 fully saturated rings. The third-order valence-corrected chi connectivity index (χ3v) is 7.50. The molecular formula is C20H26N4O3S. The van der Waals surface area contributed by atoms with Gasteiger partial charge in [-0.25, -0.2) is 13.1 Å². The van der Waals surface area contributed by atoms with E-state index in [1.54, 1.807) is 19.1 Å². The molecule has 3 N–H and O–H groups in total. The zero-order valence-electron chi connectivity index (χ0n) is 15.9. The van der Waals surface area contributed by atoms with E-state index in [9.17, 15) is 13.2 Å². The third-order valence-electron chi connectivity index (χ3n) is 5.94. The molecule has 1 aromatic heterocycles. The molecule has 1 heterocycles. The highest BCUT2D eigenvalue weighted by atomic mass is 32.2. The van der Waals surface area contributed by atoms with Gasteiger partial charge in [0.05, 0.1) is 11.3 Å². The van der Waals surface area contributed by atoms with Crippen molar-refractivity contribution in [2.75, 3.05) is 11.9 Å². The lowest BCUT2D eigenvalue weighted by Crippen LogP contribution is -2.23. The molecule has 28 heavy (non-hydrogen) atoms. The smallest absolute Gasteiger partial charge is 0.240 e. The minimum absolute atomic E-state index is 0.165. The quantitative estimate of drug-likeness (QED) is 0.662. The van der Waals surface area contributed by atoms with Crippen molar-refractivity contribution in [2.24, 2.45) is 11.8 Å². The second-order valence-electron chi connectivity index (χ2n) is 7.86. The van der Waals surface area contributed by atoms with Gasteiger partial charge >= 0.3 is 0 Å². The first kappa shape index (κ1) is 19.1. The second-order valence-corrected chi connectivity index (χ2v) is 9.63. The zero-order chi connectivity index (χ0) is 19.7. The van der Waals surface area contributed by atoms with E-state index in [1.807, 2.05) is 6.07 Å². The highest BCUT2D eigenvalue weighted by Gasteiger charge is 2.40. The number of sulfonamides is 1. The fraction of sp³-hybridized carbons (Fsp3) is 0.500. The monoisotopic (exact) mass is 402 g/mol. The Kier molecular flexibility index (Phi) is 5.25. The predicted molar refractivity (Wildman–Crippen MR) is 106 cm³/mol. The lowest BCUT2D eigenvalue weighted by molar-refractivity contribution is -0.115. The summed E-state index contributed by atoms with van der Waals surface area (Å²) in [7, 11) is -3.48. The third kappa shape index (κ3) is 3.98. The second kappa shape index (κ2) is 7.67. The van der Waals surface area contributed by atoms with Crippen LogP contribution < -0.4 is 10.0 Å². The molecule has 2 bridgehead atoms. The first-order valence-corrected chi connectivity index (χ1v) is 11.4. The van der Waals surface area contributed by atoms with E-state index < -0.39 is 10.0 Å². The molecule has 3 atom stereocenters. The molecule has 8 heteroatoms. The van der Waals surface area contributed by atoms with Crippen LogP contribution in [0.2, 0.25) is 0 Å². The van der Waals surface area contributed by atoms with Crippen molar-refractivity contribution in [1.82, 2.24) is 14.9 Å². The van der Waals surface area contributed by atoms with E-state index in [0.717, 1.165) is 23.1 Å². The molecule has 2 aromatic rings. The van der Waals surface area contributed by atoms with Crippen LogP contribution in [0.15, 0.2) is 35.2 Å². The van der Waals surface area contributed by atoms with Gasteiger partial charge in [0.2, 0.25) is 15.9 Å². The normalized spacial score (nSPS) is 23.8. The van der Waals surface area contributed by atoms with Gasteiger partial charge < -0.3 is 5.32 Å². The molecule has 0 radical (unpaired) electrons. The van der Waals surface area contributed by atoms with Crippen molar-refractivity contribution >= 4 is 21.7 Å². The SMILES string of the molecule is CCNS(=O)(=O)c1ccc(CC(=O)Nc2cc(C3CC4CCC3C4)[nH]n2)cc1. The fourth-order valence-electron chi connectivity index (χ4n) is 4.65. The molecule has 1 aromatic carbocycles. The summed E-state index contributed by atoms with van der Waals surface area (Å²) in [6, 6.07) is 8.31. The van der Waals surface area contributed by atoms with E-state index in [4.69, 9.17) is 0 Å². The molecule has 2 aliphatic rings. The van der Waals surface area contributed by atoms with Crippen LogP contribution in [0, 0.1) is 11.8 Å². The number of anilines is 1. The molecule has 1 amide bonds. The number of carbonyl (C=O) groups is 1. The number of benzene rings is 1. The summed E-state index contributed by atoms with van der Waals surface area (Å²) in [5.41, 5.74) is 1.87. The van der Waals surface area contributed by atoms with Crippen LogP contribution in [0.4, 0.5) is 5.82 Å². The number of H-pyrrole nitrogens is 1. The first-order valence-electron chi connectivity index (χ1n) is 9.88. The molecule has 2 saturated carbocycles. The van der Waals surface area contributed by atoms with Crippen molar-refractivity contribution in [3.05, 3.63) is 41.6 Å². The molecule has 7 nitrogen and oxygen atoms in total. The number of hydrogen-bond acceptors (Lipinski definition) is 4. The Bertz CT molecular complexity index is 952. The van der Waals surface area contributed by atoms with Crippen LogP contribution in [-0.4, -0.2) is 31.1 Å². The van der Waals surface area contributed by atoms with Crippen LogP contribution >= 0.6 is 0 Å². The lowest BCUT2D eigenvalue weighted by Gasteiger charge is -2.19. The van der Waals surface area contributed by atoms with E-state index >= 15 is 0 Å². The number of carbonyl (C=O) groups excluding carboxylic acids is 1. The Labute approximate surface area is 165 Å². The Hall–Kier alpha value is -2.19. The Morgan fingerprint density at radius 1 is 1.21 bits per heavy atom. The van der Waals surface area contributed by atoms with Gasteiger partial charge in [-0.2, -0.15) is 5.10 Å². The predicted octanol–water partition coefficient (Wildman–Crippen LogP) is 2.79. The lowest BCUT2D eigenvalue weighted by atomic mass is 9.86. The number of hydrogen-bond donors (Lipinski definition) is 3. The van der Waals surface area contributed by atoms with E-state index in [0.29, 0.717) is 18.3 Å². The van der Waals surface area contributed by atoms with Crippen molar-refractivity contribution in [3.63, 3.8) is 0 Å². The molecule has 0 saturated heterocycles. The van der Waals surface area contributed by atoms with Crippen LogP contribution in [0.25, 0.3) is 0 Å². The number of rotatable bonds is 7. The Balaban J connectivity index is 1.35. The zero-order valence-corrected chi connectivity index (χ0v) is 16.8. The number of nitrogens with one attached hydrogen (secondary N) is 3. The van der Waals surface area contributed by atoms with Gasteiger partial charge in [-0.05, 0) is 48.8 Å². The van der Waals surface area contributed by atoms with E-state index in [-0.39, 0.29) is 17.2 Å². The average molecular weight is 403 g/mol. The number of nitrogens with zero attached hydrogens (tertiary/aromatic N) is 1. The van der Waals surface area contributed by atoms with Crippen molar-refractivity contribution in [1.29, 1.82) is 0 Å². The van der Waals surface area contributed by atoms with Crippen molar-refractivity contribution < 1.29 is 13.2 Å². The van der Waals surface area contributed by atoms with Crippen molar-refractivity contribution in [2.45, 2.75) is 49.8 Å². The number of aromatic amines is 1. The summed E-state index contributed by atoms with van der Waals surface area (Å²) < 4.78 is 26.4. The highest BCUT2D eigenvalue weighted by molar-refractivity contribution is 7.89. The summed E-state index contributed by atoms with van der Waals surface area (Å²) in [6.07, 6.45) is 5.37.